The van der Waals surface area contributed by atoms with Gasteiger partial charge in [0.05, 0.1) is 11.3 Å². The molecule has 2 aromatic carbocycles. The van der Waals surface area contributed by atoms with Crippen LogP contribution in [0.3, 0.4) is 0 Å². The molecule has 0 saturated carbocycles. The van der Waals surface area contributed by atoms with E-state index < -0.39 is 5.82 Å². The zero-order chi connectivity index (χ0) is 16.7. The number of anilines is 2. The van der Waals surface area contributed by atoms with Gasteiger partial charge in [0.25, 0.3) is 5.91 Å². The number of nitrogen functional groups attached to an aromatic ring is 1. The molecule has 6 heteroatoms. The largest absolute Gasteiger partial charge is 0.375 e. The standard InChI is InChI=1S/C18H14FN3OS/c19-14-4-2-1-3-13(14)17(23)22-8-7-12-9-11(5-6-16(12)22)15-10-24-18(20)21-15/h1-6,9-10H,7-8H2,(H2,20,21). The number of carbonyl (C=O) groups is 1. The van der Waals surface area contributed by atoms with Crippen LogP contribution in [0.5, 0.6) is 0 Å². The lowest BCUT2D eigenvalue weighted by Gasteiger charge is -2.18. The summed E-state index contributed by atoms with van der Waals surface area (Å²) in [6.45, 7) is 0.547. The van der Waals surface area contributed by atoms with Crippen molar-refractivity contribution >= 4 is 28.1 Å². The minimum Gasteiger partial charge on any atom is -0.375 e. The summed E-state index contributed by atoms with van der Waals surface area (Å²) in [6.07, 6.45) is 0.739. The number of halogens is 1. The Morgan fingerprint density at radius 1 is 1.25 bits per heavy atom. The molecule has 0 atom stereocenters. The highest BCUT2D eigenvalue weighted by Crippen LogP contribution is 2.34. The topological polar surface area (TPSA) is 59.2 Å². The number of aromatic nitrogens is 1. The summed E-state index contributed by atoms with van der Waals surface area (Å²) in [7, 11) is 0. The third-order valence-corrected chi connectivity index (χ3v) is 4.82. The van der Waals surface area contributed by atoms with Crippen LogP contribution in [0.1, 0.15) is 15.9 Å². The van der Waals surface area contributed by atoms with E-state index in [9.17, 15) is 9.18 Å². The van der Waals surface area contributed by atoms with Crippen molar-refractivity contribution in [1.82, 2.24) is 4.98 Å². The van der Waals surface area contributed by atoms with E-state index in [0.717, 1.165) is 28.9 Å². The van der Waals surface area contributed by atoms with Crippen LogP contribution in [0, 0.1) is 5.82 Å². The van der Waals surface area contributed by atoms with Gasteiger partial charge in [-0.3, -0.25) is 4.79 Å². The molecule has 1 aliphatic heterocycles. The zero-order valence-electron chi connectivity index (χ0n) is 12.7. The van der Waals surface area contributed by atoms with Crippen LogP contribution in [0.4, 0.5) is 15.2 Å². The minimum absolute atomic E-state index is 0.0988. The molecular weight excluding hydrogens is 325 g/mol. The van der Waals surface area contributed by atoms with Crippen LogP contribution in [-0.2, 0) is 6.42 Å². The van der Waals surface area contributed by atoms with E-state index in [1.54, 1.807) is 17.0 Å². The second-order valence-corrected chi connectivity index (χ2v) is 6.49. The fourth-order valence-corrected chi connectivity index (χ4v) is 3.54. The summed E-state index contributed by atoms with van der Waals surface area (Å²) < 4.78 is 13.9. The van der Waals surface area contributed by atoms with Gasteiger partial charge >= 0.3 is 0 Å². The van der Waals surface area contributed by atoms with Crippen molar-refractivity contribution in [1.29, 1.82) is 0 Å². The Morgan fingerprint density at radius 3 is 2.83 bits per heavy atom. The molecule has 1 aliphatic rings. The summed E-state index contributed by atoms with van der Waals surface area (Å²) in [4.78, 5) is 18.6. The summed E-state index contributed by atoms with van der Waals surface area (Å²) in [5, 5.41) is 2.44. The molecule has 0 spiro atoms. The normalized spacial score (nSPS) is 13.1. The van der Waals surface area contributed by atoms with Crippen molar-refractivity contribution in [2.24, 2.45) is 0 Å². The Kier molecular flexibility index (Phi) is 3.54. The van der Waals surface area contributed by atoms with Gasteiger partial charge in [-0.15, -0.1) is 11.3 Å². The monoisotopic (exact) mass is 339 g/mol. The molecule has 1 amide bonds. The molecular formula is C18H14FN3OS. The van der Waals surface area contributed by atoms with Crippen molar-refractivity contribution in [3.63, 3.8) is 0 Å². The highest BCUT2D eigenvalue weighted by molar-refractivity contribution is 7.13. The van der Waals surface area contributed by atoms with Crippen LogP contribution >= 0.6 is 11.3 Å². The molecule has 3 aromatic rings. The number of carbonyl (C=O) groups excluding carboxylic acids is 1. The fourth-order valence-electron chi connectivity index (χ4n) is 2.97. The Morgan fingerprint density at radius 2 is 2.08 bits per heavy atom. The molecule has 24 heavy (non-hydrogen) atoms. The SMILES string of the molecule is Nc1nc(-c2ccc3c(c2)CCN3C(=O)c2ccccc2F)cs1. The van der Waals surface area contributed by atoms with Crippen molar-refractivity contribution in [3.8, 4) is 11.3 Å². The number of hydrogen-bond acceptors (Lipinski definition) is 4. The van der Waals surface area contributed by atoms with Crippen LogP contribution in [0.15, 0.2) is 47.8 Å². The molecule has 120 valence electrons. The summed E-state index contributed by atoms with van der Waals surface area (Å²) in [5.74, 6) is -0.803. The average Bonchev–Trinajstić information content (AvgIpc) is 3.20. The quantitative estimate of drug-likeness (QED) is 0.774. The van der Waals surface area contributed by atoms with Gasteiger partial charge < -0.3 is 10.6 Å². The first-order chi connectivity index (χ1) is 11.6. The number of fused-ring (bicyclic) bond motifs is 1. The molecule has 1 aromatic heterocycles. The Bertz CT molecular complexity index is 938. The first-order valence-electron chi connectivity index (χ1n) is 7.54. The molecule has 2 N–H and O–H groups in total. The number of nitrogens with zero attached hydrogens (tertiary/aromatic N) is 2. The number of amides is 1. The van der Waals surface area contributed by atoms with Gasteiger partial charge in [-0.25, -0.2) is 9.37 Å². The second-order valence-electron chi connectivity index (χ2n) is 5.60. The van der Waals surface area contributed by atoms with Crippen LogP contribution in [-0.4, -0.2) is 17.4 Å². The van der Waals surface area contributed by atoms with Crippen molar-refractivity contribution in [2.75, 3.05) is 17.2 Å². The second kappa shape index (κ2) is 5.72. The van der Waals surface area contributed by atoms with Crippen molar-refractivity contribution in [3.05, 3.63) is 64.8 Å². The van der Waals surface area contributed by atoms with E-state index in [1.165, 1.54) is 23.5 Å². The zero-order valence-corrected chi connectivity index (χ0v) is 13.5. The van der Waals surface area contributed by atoms with Crippen LogP contribution in [0.25, 0.3) is 11.3 Å². The Balaban J connectivity index is 1.67. The maximum absolute atomic E-state index is 13.9. The van der Waals surface area contributed by atoms with Crippen LogP contribution < -0.4 is 10.6 Å². The summed E-state index contributed by atoms with van der Waals surface area (Å²) in [6, 6.07) is 11.9. The molecule has 4 rings (SSSR count). The van der Waals surface area contributed by atoms with E-state index >= 15 is 0 Å². The Labute approximate surface area is 142 Å². The van der Waals surface area contributed by atoms with Gasteiger partial charge in [-0.05, 0) is 36.2 Å². The van der Waals surface area contributed by atoms with Gasteiger partial charge in [0.1, 0.15) is 5.82 Å². The number of rotatable bonds is 2. The smallest absolute Gasteiger partial charge is 0.261 e. The third-order valence-electron chi connectivity index (χ3n) is 4.14. The van der Waals surface area contributed by atoms with Gasteiger partial charge in [0, 0.05) is 23.2 Å². The molecule has 0 saturated heterocycles. The predicted molar refractivity (Wildman–Crippen MR) is 93.7 cm³/mol. The highest BCUT2D eigenvalue weighted by Gasteiger charge is 2.27. The summed E-state index contributed by atoms with van der Waals surface area (Å²) in [5.41, 5.74) is 9.48. The van der Waals surface area contributed by atoms with Crippen LogP contribution in [0.2, 0.25) is 0 Å². The van der Waals surface area contributed by atoms with E-state index in [2.05, 4.69) is 4.98 Å². The third kappa shape index (κ3) is 2.45. The maximum atomic E-state index is 13.9. The molecule has 0 radical (unpaired) electrons. The van der Waals surface area contributed by atoms with Gasteiger partial charge in [-0.1, -0.05) is 18.2 Å². The lowest BCUT2D eigenvalue weighted by Crippen LogP contribution is -2.29. The van der Waals surface area contributed by atoms with Crippen molar-refractivity contribution in [2.45, 2.75) is 6.42 Å². The molecule has 0 aliphatic carbocycles. The minimum atomic E-state index is -0.495. The lowest BCUT2D eigenvalue weighted by molar-refractivity contribution is 0.0985. The van der Waals surface area contributed by atoms with Gasteiger partial charge in [0.15, 0.2) is 5.13 Å². The molecule has 0 fully saturated rings. The lowest BCUT2D eigenvalue weighted by atomic mass is 10.1. The van der Waals surface area contributed by atoms with Gasteiger partial charge in [-0.2, -0.15) is 0 Å². The van der Waals surface area contributed by atoms with Gasteiger partial charge in [0.2, 0.25) is 0 Å². The molecule has 0 unspecified atom stereocenters. The fraction of sp³-hybridized carbons (Fsp3) is 0.111. The average molecular weight is 339 g/mol. The number of benzene rings is 2. The first kappa shape index (κ1) is 14.8. The number of thiazole rings is 1. The molecule has 0 bridgehead atoms. The van der Waals surface area contributed by atoms with E-state index in [1.807, 2.05) is 23.6 Å². The Hall–Kier alpha value is -2.73. The van der Waals surface area contributed by atoms with Crippen molar-refractivity contribution < 1.29 is 9.18 Å². The number of hydrogen-bond donors (Lipinski definition) is 1. The molecule has 2 heterocycles. The predicted octanol–water partition coefficient (Wildman–Crippen LogP) is 3.73. The van der Waals surface area contributed by atoms with E-state index in [-0.39, 0.29) is 11.5 Å². The number of nitrogens with two attached hydrogens (primary N) is 1. The maximum Gasteiger partial charge on any atom is 0.261 e. The summed E-state index contributed by atoms with van der Waals surface area (Å²) >= 11 is 1.40. The van der Waals surface area contributed by atoms with E-state index in [4.69, 9.17) is 5.73 Å². The van der Waals surface area contributed by atoms with E-state index in [0.29, 0.717) is 11.7 Å². The molecule has 4 nitrogen and oxygen atoms in total. The highest BCUT2D eigenvalue weighted by atomic mass is 32.1. The first-order valence-corrected chi connectivity index (χ1v) is 8.42.